The standard InChI is InChI=1S/C10H16N4O5S2/c1-4-21(17,18)9-12-11-8(20-9)14-7(15)6(5-19-3)13(2)10(14)16/h6-7,15H,4-5H2,1-3H3. The molecular weight excluding hydrogens is 320 g/mol. The highest BCUT2D eigenvalue weighted by Crippen LogP contribution is 2.31. The second kappa shape index (κ2) is 5.83. The van der Waals surface area contributed by atoms with Crippen LogP contribution in [-0.4, -0.2) is 73.4 Å². The number of amides is 2. The van der Waals surface area contributed by atoms with Crippen molar-refractivity contribution in [1.82, 2.24) is 15.1 Å². The molecule has 0 aromatic carbocycles. The minimum atomic E-state index is -3.49. The van der Waals surface area contributed by atoms with E-state index in [-0.39, 0.29) is 21.8 Å². The maximum Gasteiger partial charge on any atom is 0.328 e. The van der Waals surface area contributed by atoms with E-state index in [1.54, 1.807) is 0 Å². The number of urea groups is 1. The van der Waals surface area contributed by atoms with Crippen LogP contribution >= 0.6 is 11.3 Å². The van der Waals surface area contributed by atoms with Crippen LogP contribution in [0.5, 0.6) is 0 Å². The van der Waals surface area contributed by atoms with Gasteiger partial charge in [0.25, 0.3) is 0 Å². The minimum absolute atomic E-state index is 0.0463. The third-order valence-electron chi connectivity index (χ3n) is 3.20. The molecule has 118 valence electrons. The number of sulfone groups is 1. The van der Waals surface area contributed by atoms with Gasteiger partial charge in [-0.2, -0.15) is 0 Å². The van der Waals surface area contributed by atoms with Crippen molar-refractivity contribution >= 4 is 32.3 Å². The van der Waals surface area contributed by atoms with Gasteiger partial charge in [0.15, 0.2) is 6.23 Å². The molecule has 2 atom stereocenters. The Bertz CT molecular complexity index is 631. The molecule has 1 aliphatic rings. The van der Waals surface area contributed by atoms with Crippen molar-refractivity contribution in [1.29, 1.82) is 0 Å². The van der Waals surface area contributed by atoms with E-state index in [9.17, 15) is 18.3 Å². The molecule has 1 fully saturated rings. The summed E-state index contributed by atoms with van der Waals surface area (Å²) in [5.74, 6) is -0.107. The Morgan fingerprint density at radius 3 is 2.67 bits per heavy atom. The van der Waals surface area contributed by atoms with Gasteiger partial charge >= 0.3 is 6.03 Å². The zero-order valence-electron chi connectivity index (χ0n) is 11.8. The molecule has 1 aromatic rings. The zero-order valence-corrected chi connectivity index (χ0v) is 13.4. The predicted molar refractivity (Wildman–Crippen MR) is 74.9 cm³/mol. The van der Waals surface area contributed by atoms with Gasteiger partial charge in [-0.15, -0.1) is 10.2 Å². The third-order valence-corrected chi connectivity index (χ3v) is 6.30. The van der Waals surface area contributed by atoms with E-state index in [4.69, 9.17) is 4.74 Å². The maximum atomic E-state index is 12.2. The highest BCUT2D eigenvalue weighted by molar-refractivity contribution is 7.93. The van der Waals surface area contributed by atoms with Crippen LogP contribution in [0, 0.1) is 0 Å². The molecule has 21 heavy (non-hydrogen) atoms. The monoisotopic (exact) mass is 336 g/mol. The first-order valence-electron chi connectivity index (χ1n) is 6.12. The summed E-state index contributed by atoms with van der Waals surface area (Å²) in [4.78, 5) is 14.5. The quantitative estimate of drug-likeness (QED) is 0.724. The topological polar surface area (TPSA) is 113 Å². The molecule has 11 heteroatoms. The van der Waals surface area contributed by atoms with Crippen molar-refractivity contribution in [3.63, 3.8) is 0 Å². The van der Waals surface area contributed by atoms with E-state index in [0.29, 0.717) is 0 Å². The van der Waals surface area contributed by atoms with E-state index < -0.39 is 28.1 Å². The van der Waals surface area contributed by atoms with Gasteiger partial charge in [0.2, 0.25) is 19.3 Å². The molecule has 1 N–H and O–H groups in total. The fourth-order valence-corrected chi connectivity index (χ4v) is 4.01. The lowest BCUT2D eigenvalue weighted by atomic mass is 10.3. The minimum Gasteiger partial charge on any atom is -0.382 e. The van der Waals surface area contributed by atoms with Crippen LogP contribution in [0.15, 0.2) is 4.34 Å². The fourth-order valence-electron chi connectivity index (χ4n) is 1.91. The summed E-state index contributed by atoms with van der Waals surface area (Å²) in [6.07, 6.45) is -1.17. The average Bonchev–Trinajstić information content (AvgIpc) is 3.00. The van der Waals surface area contributed by atoms with Gasteiger partial charge in [0.05, 0.1) is 12.4 Å². The second-order valence-corrected chi connectivity index (χ2v) is 7.86. The van der Waals surface area contributed by atoms with Crippen LogP contribution in [0.3, 0.4) is 0 Å². The first-order valence-corrected chi connectivity index (χ1v) is 8.59. The maximum absolute atomic E-state index is 12.2. The van der Waals surface area contributed by atoms with Crippen molar-refractivity contribution in [3.05, 3.63) is 0 Å². The first-order chi connectivity index (χ1) is 9.83. The van der Waals surface area contributed by atoms with E-state index in [1.165, 1.54) is 26.0 Å². The molecule has 2 rings (SSSR count). The molecular formula is C10H16N4O5S2. The number of ether oxygens (including phenoxy) is 1. The van der Waals surface area contributed by atoms with Crippen LogP contribution in [0.25, 0.3) is 0 Å². The van der Waals surface area contributed by atoms with Crippen LogP contribution in [0.4, 0.5) is 9.93 Å². The Balaban J connectivity index is 2.32. The number of hydrogen-bond donors (Lipinski definition) is 1. The molecule has 1 aromatic heterocycles. The third kappa shape index (κ3) is 2.73. The van der Waals surface area contributed by atoms with Crippen LogP contribution in [0.1, 0.15) is 6.92 Å². The molecule has 2 heterocycles. The van der Waals surface area contributed by atoms with Crippen molar-refractivity contribution in [2.75, 3.05) is 31.4 Å². The van der Waals surface area contributed by atoms with Gasteiger partial charge < -0.3 is 14.7 Å². The molecule has 1 aliphatic heterocycles. The Morgan fingerprint density at radius 2 is 2.10 bits per heavy atom. The van der Waals surface area contributed by atoms with Crippen molar-refractivity contribution in [2.45, 2.75) is 23.5 Å². The highest BCUT2D eigenvalue weighted by atomic mass is 32.2. The first kappa shape index (κ1) is 16.1. The summed E-state index contributed by atoms with van der Waals surface area (Å²) in [5, 5.41) is 17.6. The number of aromatic nitrogens is 2. The largest absolute Gasteiger partial charge is 0.382 e. The lowest BCUT2D eigenvalue weighted by Gasteiger charge is -2.19. The lowest BCUT2D eigenvalue weighted by Crippen LogP contribution is -2.39. The predicted octanol–water partition coefficient (Wildman–Crippen LogP) is -0.463. The molecule has 0 bridgehead atoms. The van der Waals surface area contributed by atoms with Crippen LogP contribution < -0.4 is 4.90 Å². The number of anilines is 1. The number of aliphatic hydroxyl groups excluding tert-OH is 1. The number of hydrogen-bond acceptors (Lipinski definition) is 8. The highest BCUT2D eigenvalue weighted by Gasteiger charge is 2.45. The fraction of sp³-hybridized carbons (Fsp3) is 0.700. The molecule has 9 nitrogen and oxygen atoms in total. The van der Waals surface area contributed by atoms with Gasteiger partial charge in [-0.1, -0.05) is 18.3 Å². The molecule has 0 saturated carbocycles. The van der Waals surface area contributed by atoms with Crippen molar-refractivity contribution < 1.29 is 23.1 Å². The number of carbonyl (C=O) groups excluding carboxylic acids is 1. The summed E-state index contributed by atoms with van der Waals surface area (Å²) < 4.78 is 28.3. The summed E-state index contributed by atoms with van der Waals surface area (Å²) in [6, 6.07) is -1.04. The van der Waals surface area contributed by atoms with Gasteiger partial charge in [-0.3, -0.25) is 0 Å². The number of aliphatic hydroxyl groups is 1. The van der Waals surface area contributed by atoms with Gasteiger partial charge in [0.1, 0.15) is 6.04 Å². The number of likely N-dealkylation sites (N-methyl/N-ethyl adjacent to an activating group) is 1. The van der Waals surface area contributed by atoms with Gasteiger partial charge in [0, 0.05) is 14.2 Å². The van der Waals surface area contributed by atoms with Gasteiger partial charge in [-0.05, 0) is 0 Å². The van der Waals surface area contributed by atoms with E-state index in [0.717, 1.165) is 16.2 Å². The van der Waals surface area contributed by atoms with Gasteiger partial charge in [-0.25, -0.2) is 18.1 Å². The molecule has 0 spiro atoms. The van der Waals surface area contributed by atoms with E-state index in [1.807, 2.05) is 0 Å². The van der Waals surface area contributed by atoms with Crippen LogP contribution in [-0.2, 0) is 14.6 Å². The van der Waals surface area contributed by atoms with Crippen molar-refractivity contribution in [2.24, 2.45) is 0 Å². The van der Waals surface area contributed by atoms with Crippen LogP contribution in [0.2, 0.25) is 0 Å². The second-order valence-electron chi connectivity index (χ2n) is 4.45. The summed E-state index contributed by atoms with van der Waals surface area (Å²) >= 11 is 0.759. The molecule has 0 radical (unpaired) electrons. The Labute approximate surface area is 126 Å². The molecule has 2 unspecified atom stereocenters. The molecule has 1 saturated heterocycles. The summed E-state index contributed by atoms with van der Waals surface area (Å²) in [6.45, 7) is 1.65. The van der Waals surface area contributed by atoms with Crippen molar-refractivity contribution in [3.8, 4) is 0 Å². The number of rotatable bonds is 5. The van der Waals surface area contributed by atoms with E-state index >= 15 is 0 Å². The number of carbonyl (C=O) groups is 1. The SMILES string of the molecule is CCS(=O)(=O)c1nnc(N2C(=O)N(C)C(COC)C2O)s1. The number of methoxy groups -OCH3 is 1. The number of nitrogens with zero attached hydrogens (tertiary/aromatic N) is 4. The normalized spacial score (nSPS) is 23.1. The zero-order chi connectivity index (χ0) is 15.8. The van der Waals surface area contributed by atoms with E-state index in [2.05, 4.69) is 10.2 Å². The Morgan fingerprint density at radius 1 is 1.43 bits per heavy atom. The summed E-state index contributed by atoms with van der Waals surface area (Å²) in [7, 11) is -0.502. The Kier molecular flexibility index (Phi) is 4.46. The smallest absolute Gasteiger partial charge is 0.328 e. The Hall–Kier alpha value is -1.30. The molecule has 2 amide bonds. The summed E-state index contributed by atoms with van der Waals surface area (Å²) in [5.41, 5.74) is 0. The lowest BCUT2D eigenvalue weighted by molar-refractivity contribution is 0.0633. The molecule has 0 aliphatic carbocycles. The average molecular weight is 336 g/mol.